The molecule has 2 aromatic carbocycles. The van der Waals surface area contributed by atoms with Crippen LogP contribution in [0.25, 0.3) is 0 Å². The monoisotopic (exact) mass is 348 g/mol. The Morgan fingerprint density at radius 3 is 2.76 bits per heavy atom. The summed E-state index contributed by atoms with van der Waals surface area (Å²) in [6, 6.07) is 11.8. The van der Waals surface area contributed by atoms with E-state index in [9.17, 15) is 18.4 Å². The van der Waals surface area contributed by atoms with Crippen molar-refractivity contribution in [2.45, 2.75) is 12.2 Å². The number of methoxy groups -OCH3 is 1. The number of fused-ring (bicyclic) bond motifs is 1. The van der Waals surface area contributed by atoms with Crippen LogP contribution in [-0.2, 0) is 6.18 Å². The molecule has 0 N–H and O–H groups in total. The molecule has 0 radical (unpaired) electrons. The summed E-state index contributed by atoms with van der Waals surface area (Å²) in [4.78, 5) is 1.73. The highest BCUT2D eigenvalue weighted by atomic mass is 19.4. The smallest absolute Gasteiger partial charge is 0.416 e. The SMILES string of the molecule is COc1ccc2c(c1)N(CC#N)C(c1cccc(C(F)(F)F)c1)CO2. The largest absolute Gasteiger partial charge is 0.497 e. The van der Waals surface area contributed by atoms with Gasteiger partial charge < -0.3 is 14.4 Å². The van der Waals surface area contributed by atoms with Gasteiger partial charge in [-0.15, -0.1) is 0 Å². The number of halogens is 3. The minimum atomic E-state index is -4.42. The molecule has 0 amide bonds. The van der Waals surface area contributed by atoms with Gasteiger partial charge in [-0.3, -0.25) is 0 Å². The number of hydrogen-bond donors (Lipinski definition) is 0. The van der Waals surface area contributed by atoms with E-state index in [1.165, 1.54) is 13.2 Å². The third-order valence-electron chi connectivity index (χ3n) is 4.09. The maximum atomic E-state index is 13.0. The lowest BCUT2D eigenvalue weighted by atomic mass is 10.0. The van der Waals surface area contributed by atoms with E-state index in [0.717, 1.165) is 12.1 Å². The van der Waals surface area contributed by atoms with Crippen LogP contribution in [0.1, 0.15) is 17.2 Å². The van der Waals surface area contributed by atoms with E-state index in [4.69, 9.17) is 9.47 Å². The van der Waals surface area contributed by atoms with E-state index in [1.54, 1.807) is 29.2 Å². The summed E-state index contributed by atoms with van der Waals surface area (Å²) in [5.41, 5.74) is 0.339. The molecule has 0 saturated heterocycles. The van der Waals surface area contributed by atoms with Crippen molar-refractivity contribution in [1.29, 1.82) is 5.26 Å². The number of ether oxygens (including phenoxy) is 2. The molecular weight excluding hydrogens is 333 g/mol. The molecule has 1 heterocycles. The third kappa shape index (κ3) is 3.33. The number of nitriles is 1. The molecule has 1 unspecified atom stereocenters. The molecular formula is C18H15F3N2O2. The third-order valence-corrected chi connectivity index (χ3v) is 4.09. The van der Waals surface area contributed by atoms with Crippen LogP contribution in [0.3, 0.4) is 0 Å². The van der Waals surface area contributed by atoms with Crippen molar-refractivity contribution in [3.8, 4) is 17.6 Å². The fourth-order valence-electron chi connectivity index (χ4n) is 2.87. The summed E-state index contributed by atoms with van der Waals surface area (Å²) in [6.45, 7) is 0.173. The second kappa shape index (κ2) is 6.55. The molecule has 7 heteroatoms. The zero-order chi connectivity index (χ0) is 18.0. The topological polar surface area (TPSA) is 45.5 Å². The first-order valence-corrected chi connectivity index (χ1v) is 7.55. The van der Waals surface area contributed by atoms with Gasteiger partial charge in [-0.1, -0.05) is 12.1 Å². The van der Waals surface area contributed by atoms with Crippen LogP contribution in [0, 0.1) is 11.3 Å². The van der Waals surface area contributed by atoms with Gasteiger partial charge in [-0.2, -0.15) is 18.4 Å². The van der Waals surface area contributed by atoms with Crippen molar-refractivity contribution < 1.29 is 22.6 Å². The molecule has 0 spiro atoms. The molecule has 0 fully saturated rings. The summed E-state index contributed by atoms with van der Waals surface area (Å²) in [6.07, 6.45) is -4.42. The molecule has 0 saturated carbocycles. The molecule has 0 aliphatic carbocycles. The van der Waals surface area contributed by atoms with Crippen LogP contribution in [0.5, 0.6) is 11.5 Å². The molecule has 1 aliphatic rings. The molecule has 4 nitrogen and oxygen atoms in total. The van der Waals surface area contributed by atoms with E-state index >= 15 is 0 Å². The van der Waals surface area contributed by atoms with Gasteiger partial charge in [-0.05, 0) is 29.8 Å². The maximum Gasteiger partial charge on any atom is 0.416 e. The van der Waals surface area contributed by atoms with Crippen molar-refractivity contribution in [3.05, 3.63) is 53.6 Å². The fraction of sp³-hybridized carbons (Fsp3) is 0.278. The maximum absolute atomic E-state index is 13.0. The summed E-state index contributed by atoms with van der Waals surface area (Å²) in [5, 5.41) is 9.18. The standard InChI is InChI=1S/C18H15F3N2O2/c1-24-14-5-6-17-15(10-14)23(8-7-22)16(11-25-17)12-3-2-4-13(9-12)18(19,20)21/h2-6,9-10,16H,8,11H2,1H3. The van der Waals surface area contributed by atoms with E-state index in [2.05, 4.69) is 6.07 Å². The average Bonchev–Trinajstić information content (AvgIpc) is 2.61. The number of hydrogen-bond acceptors (Lipinski definition) is 4. The van der Waals surface area contributed by atoms with Crippen molar-refractivity contribution in [3.63, 3.8) is 0 Å². The lowest BCUT2D eigenvalue weighted by Gasteiger charge is -2.37. The lowest BCUT2D eigenvalue weighted by molar-refractivity contribution is -0.137. The second-order valence-electron chi connectivity index (χ2n) is 5.57. The molecule has 1 aliphatic heterocycles. The van der Waals surface area contributed by atoms with Gasteiger partial charge in [0.25, 0.3) is 0 Å². The Morgan fingerprint density at radius 1 is 1.28 bits per heavy atom. The summed E-state index contributed by atoms with van der Waals surface area (Å²) < 4.78 is 49.9. The quantitative estimate of drug-likeness (QED) is 0.781. The van der Waals surface area contributed by atoms with Gasteiger partial charge >= 0.3 is 6.18 Å². The molecule has 2 aromatic rings. The number of anilines is 1. The second-order valence-corrected chi connectivity index (χ2v) is 5.57. The van der Waals surface area contributed by atoms with Crippen molar-refractivity contribution in [2.24, 2.45) is 0 Å². The Morgan fingerprint density at radius 2 is 2.08 bits per heavy atom. The van der Waals surface area contributed by atoms with Crippen LogP contribution in [0.2, 0.25) is 0 Å². The molecule has 0 aromatic heterocycles. The zero-order valence-electron chi connectivity index (χ0n) is 13.4. The zero-order valence-corrected chi connectivity index (χ0v) is 13.4. The van der Waals surface area contributed by atoms with Crippen LogP contribution < -0.4 is 14.4 Å². The molecule has 3 rings (SSSR count). The number of nitrogens with zero attached hydrogens (tertiary/aromatic N) is 2. The van der Waals surface area contributed by atoms with E-state index in [1.807, 2.05) is 0 Å². The van der Waals surface area contributed by atoms with Gasteiger partial charge in [0, 0.05) is 6.07 Å². The summed E-state index contributed by atoms with van der Waals surface area (Å²) in [7, 11) is 1.52. The van der Waals surface area contributed by atoms with E-state index in [-0.39, 0.29) is 13.2 Å². The van der Waals surface area contributed by atoms with Crippen molar-refractivity contribution in [2.75, 3.05) is 25.2 Å². The number of benzene rings is 2. The highest BCUT2D eigenvalue weighted by molar-refractivity contribution is 5.65. The van der Waals surface area contributed by atoms with E-state index in [0.29, 0.717) is 22.7 Å². The molecule has 1 atom stereocenters. The predicted molar refractivity (Wildman–Crippen MR) is 85.6 cm³/mol. The number of rotatable bonds is 3. The van der Waals surface area contributed by atoms with Crippen molar-refractivity contribution in [1.82, 2.24) is 0 Å². The Kier molecular flexibility index (Phi) is 4.45. The fourth-order valence-corrected chi connectivity index (χ4v) is 2.87. The van der Waals surface area contributed by atoms with Gasteiger partial charge in [0.05, 0.1) is 30.5 Å². The summed E-state index contributed by atoms with van der Waals surface area (Å²) in [5.74, 6) is 1.15. The predicted octanol–water partition coefficient (Wildman–Crippen LogP) is 4.18. The Balaban J connectivity index is 2.03. The van der Waals surface area contributed by atoms with Crippen LogP contribution >= 0.6 is 0 Å². The molecule has 0 bridgehead atoms. The Hall–Kier alpha value is -2.88. The van der Waals surface area contributed by atoms with Crippen LogP contribution in [-0.4, -0.2) is 20.3 Å². The molecule has 130 valence electrons. The first-order valence-electron chi connectivity index (χ1n) is 7.55. The minimum Gasteiger partial charge on any atom is -0.497 e. The Labute approximate surface area is 143 Å². The minimum absolute atomic E-state index is 0.0183. The summed E-state index contributed by atoms with van der Waals surface area (Å²) >= 11 is 0. The Bertz CT molecular complexity index is 815. The van der Waals surface area contributed by atoms with E-state index < -0.39 is 17.8 Å². The van der Waals surface area contributed by atoms with Crippen molar-refractivity contribution >= 4 is 5.69 Å². The average molecular weight is 348 g/mol. The van der Waals surface area contributed by atoms with Crippen LogP contribution in [0.15, 0.2) is 42.5 Å². The highest BCUT2D eigenvalue weighted by Crippen LogP contribution is 2.42. The molecule has 25 heavy (non-hydrogen) atoms. The first-order chi connectivity index (χ1) is 11.9. The number of alkyl halides is 3. The first kappa shape index (κ1) is 17.0. The van der Waals surface area contributed by atoms with Gasteiger partial charge in [0.1, 0.15) is 24.7 Å². The van der Waals surface area contributed by atoms with Gasteiger partial charge in [-0.25, -0.2) is 0 Å². The van der Waals surface area contributed by atoms with Crippen LogP contribution in [0.4, 0.5) is 18.9 Å². The highest BCUT2D eigenvalue weighted by Gasteiger charge is 2.33. The van der Waals surface area contributed by atoms with Gasteiger partial charge in [0.2, 0.25) is 0 Å². The van der Waals surface area contributed by atoms with Gasteiger partial charge in [0.15, 0.2) is 0 Å². The lowest BCUT2D eigenvalue weighted by Crippen LogP contribution is -2.37. The normalized spacial score (nSPS) is 16.6.